The van der Waals surface area contributed by atoms with E-state index in [1.165, 1.54) is 77.0 Å². The van der Waals surface area contributed by atoms with E-state index in [9.17, 15) is 9.59 Å². The summed E-state index contributed by atoms with van der Waals surface area (Å²) in [6.45, 7) is 4.43. The lowest BCUT2D eigenvalue weighted by molar-refractivity contribution is -0.150. The maximum absolute atomic E-state index is 12.3. The second-order valence-corrected chi connectivity index (χ2v) is 10.3. The quantitative estimate of drug-likeness (QED) is 0.0701. The number of carbonyl (C=O) groups is 2. The van der Waals surface area contributed by atoms with Gasteiger partial charge >= 0.3 is 11.9 Å². The molecule has 0 aromatic heterocycles. The summed E-state index contributed by atoms with van der Waals surface area (Å²) in [5.41, 5.74) is 0. The molecular formula is C31H58O4. The average molecular weight is 495 g/mol. The third-order valence-corrected chi connectivity index (χ3v) is 6.74. The first-order chi connectivity index (χ1) is 17.1. The highest BCUT2D eigenvalue weighted by molar-refractivity contribution is 5.69. The zero-order chi connectivity index (χ0) is 25.8. The Hall–Kier alpha value is -1.32. The SMILES string of the molecule is CCCC/C=C\CCCCCCCCC(=O)OC(CCCC)CCCCCCCCCCC(=O)O. The Morgan fingerprint density at radius 3 is 1.63 bits per heavy atom. The highest BCUT2D eigenvalue weighted by Crippen LogP contribution is 2.17. The van der Waals surface area contributed by atoms with Crippen LogP contribution in [0.2, 0.25) is 0 Å². The second-order valence-electron chi connectivity index (χ2n) is 10.3. The molecule has 0 rings (SSSR count). The van der Waals surface area contributed by atoms with Gasteiger partial charge in [0.25, 0.3) is 0 Å². The molecule has 0 aliphatic carbocycles. The molecule has 0 bridgehead atoms. The molecule has 0 radical (unpaired) electrons. The van der Waals surface area contributed by atoms with E-state index in [2.05, 4.69) is 26.0 Å². The molecule has 1 unspecified atom stereocenters. The van der Waals surface area contributed by atoms with Crippen molar-refractivity contribution in [3.8, 4) is 0 Å². The predicted molar refractivity (Wildman–Crippen MR) is 149 cm³/mol. The fourth-order valence-corrected chi connectivity index (χ4v) is 4.44. The zero-order valence-electron chi connectivity index (χ0n) is 23.4. The van der Waals surface area contributed by atoms with Crippen LogP contribution in [0.25, 0.3) is 0 Å². The van der Waals surface area contributed by atoms with E-state index < -0.39 is 5.97 Å². The number of allylic oxidation sites excluding steroid dienone is 2. The maximum Gasteiger partial charge on any atom is 0.306 e. The number of carbonyl (C=O) groups excluding carboxylic acids is 1. The van der Waals surface area contributed by atoms with Crippen LogP contribution in [-0.2, 0) is 14.3 Å². The van der Waals surface area contributed by atoms with Crippen molar-refractivity contribution in [3.63, 3.8) is 0 Å². The van der Waals surface area contributed by atoms with Crippen molar-refractivity contribution in [3.05, 3.63) is 12.2 Å². The van der Waals surface area contributed by atoms with Crippen molar-refractivity contribution >= 4 is 11.9 Å². The summed E-state index contributed by atoms with van der Waals surface area (Å²) in [7, 11) is 0. The fourth-order valence-electron chi connectivity index (χ4n) is 4.44. The molecule has 1 atom stereocenters. The lowest BCUT2D eigenvalue weighted by Crippen LogP contribution is -2.18. The van der Waals surface area contributed by atoms with Gasteiger partial charge in [-0.05, 0) is 51.4 Å². The number of hydrogen-bond acceptors (Lipinski definition) is 3. The van der Waals surface area contributed by atoms with Crippen molar-refractivity contribution in [2.75, 3.05) is 0 Å². The van der Waals surface area contributed by atoms with E-state index in [1.54, 1.807) is 0 Å². The molecule has 0 amide bonds. The van der Waals surface area contributed by atoms with Crippen LogP contribution in [0.3, 0.4) is 0 Å². The van der Waals surface area contributed by atoms with Crippen molar-refractivity contribution in [1.82, 2.24) is 0 Å². The largest absolute Gasteiger partial charge is 0.481 e. The van der Waals surface area contributed by atoms with Gasteiger partial charge in [0.15, 0.2) is 0 Å². The van der Waals surface area contributed by atoms with Crippen LogP contribution in [0, 0.1) is 0 Å². The van der Waals surface area contributed by atoms with E-state index in [4.69, 9.17) is 9.84 Å². The van der Waals surface area contributed by atoms with Crippen molar-refractivity contribution in [2.24, 2.45) is 0 Å². The number of hydrogen-bond donors (Lipinski definition) is 1. The molecule has 1 N–H and O–H groups in total. The molecule has 35 heavy (non-hydrogen) atoms. The van der Waals surface area contributed by atoms with Gasteiger partial charge in [-0.3, -0.25) is 9.59 Å². The van der Waals surface area contributed by atoms with E-state index in [0.717, 1.165) is 64.2 Å². The Labute approximate surface area is 217 Å². The Morgan fingerprint density at radius 1 is 0.600 bits per heavy atom. The van der Waals surface area contributed by atoms with E-state index in [0.29, 0.717) is 12.8 Å². The number of rotatable bonds is 27. The van der Waals surface area contributed by atoms with Gasteiger partial charge < -0.3 is 9.84 Å². The van der Waals surface area contributed by atoms with Crippen LogP contribution in [0.15, 0.2) is 12.2 Å². The molecule has 206 valence electrons. The Kier molecular flexibility index (Phi) is 26.2. The second kappa shape index (κ2) is 27.3. The fraction of sp³-hybridized carbons (Fsp3) is 0.871. The molecule has 0 aliphatic rings. The topological polar surface area (TPSA) is 63.6 Å². The van der Waals surface area contributed by atoms with Gasteiger partial charge in [-0.15, -0.1) is 0 Å². The zero-order valence-corrected chi connectivity index (χ0v) is 23.4. The Balaban J connectivity index is 3.71. The van der Waals surface area contributed by atoms with Gasteiger partial charge in [0.2, 0.25) is 0 Å². The Bertz CT molecular complexity index is 500. The van der Waals surface area contributed by atoms with Crippen molar-refractivity contribution < 1.29 is 19.4 Å². The first-order valence-corrected chi connectivity index (χ1v) is 15.2. The summed E-state index contributed by atoms with van der Waals surface area (Å²) in [4.78, 5) is 22.8. The van der Waals surface area contributed by atoms with E-state index in [-0.39, 0.29) is 12.1 Å². The van der Waals surface area contributed by atoms with Crippen LogP contribution in [0.4, 0.5) is 0 Å². The molecule has 0 fully saturated rings. The smallest absolute Gasteiger partial charge is 0.306 e. The van der Waals surface area contributed by atoms with Gasteiger partial charge in [-0.2, -0.15) is 0 Å². The van der Waals surface area contributed by atoms with Crippen molar-refractivity contribution in [2.45, 2.75) is 174 Å². The highest BCUT2D eigenvalue weighted by atomic mass is 16.5. The summed E-state index contributed by atoms with van der Waals surface area (Å²) >= 11 is 0. The van der Waals surface area contributed by atoms with E-state index >= 15 is 0 Å². The molecular weight excluding hydrogens is 436 g/mol. The first-order valence-electron chi connectivity index (χ1n) is 15.2. The summed E-state index contributed by atoms with van der Waals surface area (Å²) in [5, 5.41) is 8.66. The maximum atomic E-state index is 12.3. The van der Waals surface area contributed by atoms with E-state index in [1.807, 2.05) is 0 Å². The van der Waals surface area contributed by atoms with Crippen molar-refractivity contribution in [1.29, 1.82) is 0 Å². The summed E-state index contributed by atoms with van der Waals surface area (Å²) in [6.07, 6.45) is 31.1. The van der Waals surface area contributed by atoms with Gasteiger partial charge in [0.1, 0.15) is 6.10 Å². The minimum atomic E-state index is -0.685. The third kappa shape index (κ3) is 27.1. The minimum absolute atomic E-state index is 0.00433. The van der Waals surface area contributed by atoms with Crippen LogP contribution in [0.1, 0.15) is 168 Å². The number of aliphatic carboxylic acids is 1. The molecule has 0 aliphatic heterocycles. The van der Waals surface area contributed by atoms with Gasteiger partial charge in [-0.1, -0.05) is 116 Å². The van der Waals surface area contributed by atoms with Gasteiger partial charge in [0.05, 0.1) is 0 Å². The molecule has 0 aromatic rings. The van der Waals surface area contributed by atoms with Gasteiger partial charge in [-0.25, -0.2) is 0 Å². The third-order valence-electron chi connectivity index (χ3n) is 6.74. The highest BCUT2D eigenvalue weighted by Gasteiger charge is 2.13. The molecule has 0 saturated heterocycles. The molecule has 0 spiro atoms. The number of unbranched alkanes of at least 4 members (excludes halogenated alkanes) is 16. The number of carboxylic acid groups (broad SMARTS) is 1. The first kappa shape index (κ1) is 33.7. The Morgan fingerprint density at radius 2 is 1.06 bits per heavy atom. The number of esters is 1. The van der Waals surface area contributed by atoms with Crippen LogP contribution < -0.4 is 0 Å². The van der Waals surface area contributed by atoms with Gasteiger partial charge in [0, 0.05) is 12.8 Å². The van der Waals surface area contributed by atoms with Crippen LogP contribution in [-0.4, -0.2) is 23.1 Å². The average Bonchev–Trinajstić information content (AvgIpc) is 2.83. The predicted octanol–water partition coefficient (Wildman–Crippen LogP) is 9.94. The molecule has 0 aromatic carbocycles. The van der Waals surface area contributed by atoms with Crippen LogP contribution >= 0.6 is 0 Å². The lowest BCUT2D eigenvalue weighted by atomic mass is 10.0. The minimum Gasteiger partial charge on any atom is -0.481 e. The molecule has 0 heterocycles. The monoisotopic (exact) mass is 494 g/mol. The van der Waals surface area contributed by atoms with Crippen LogP contribution in [0.5, 0.6) is 0 Å². The molecule has 0 saturated carbocycles. The summed E-state index contributed by atoms with van der Waals surface area (Å²) < 4.78 is 5.85. The normalized spacial score (nSPS) is 12.3. The standard InChI is InChI=1S/C31H58O4/c1-3-5-7-8-9-10-11-12-13-18-21-24-28-31(34)35-29(25-6-4-2)26-22-19-16-14-15-17-20-23-27-30(32)33/h8-9,29H,3-7,10-28H2,1-2H3,(H,32,33)/b9-8-. The molecule has 4 nitrogen and oxygen atoms in total. The number of ether oxygens (including phenoxy) is 1. The lowest BCUT2D eigenvalue weighted by Gasteiger charge is -2.18. The summed E-state index contributed by atoms with van der Waals surface area (Å²) in [6, 6.07) is 0. The number of carboxylic acids is 1. The molecule has 4 heteroatoms. The summed E-state index contributed by atoms with van der Waals surface area (Å²) in [5.74, 6) is -0.680.